The minimum Gasteiger partial charge on any atom is -0.268 e. The van der Waals surface area contributed by atoms with E-state index in [9.17, 15) is 13.2 Å². The van der Waals surface area contributed by atoms with Gasteiger partial charge in [-0.3, -0.25) is 4.79 Å². The van der Waals surface area contributed by atoms with Gasteiger partial charge in [0.15, 0.2) is 0 Å². The normalized spacial score (nSPS) is 19.0. The van der Waals surface area contributed by atoms with Gasteiger partial charge in [-0.1, -0.05) is 0 Å². The maximum atomic E-state index is 12.0. The highest BCUT2D eigenvalue weighted by Crippen LogP contribution is 2.16. The standard InChI is InChI=1S/C13H20N4O3S/c18-13-10-11-4-3-5-12(11)15-17(13)9-6-14-21(19,20)16-7-1-2-8-16/h10,14H,1-9H2. The van der Waals surface area contributed by atoms with Gasteiger partial charge in [0, 0.05) is 25.7 Å². The molecule has 3 rings (SSSR count). The number of hydrogen-bond acceptors (Lipinski definition) is 4. The summed E-state index contributed by atoms with van der Waals surface area (Å²) in [4.78, 5) is 11.9. The lowest BCUT2D eigenvalue weighted by atomic mass is 10.2. The summed E-state index contributed by atoms with van der Waals surface area (Å²) in [6.07, 6.45) is 4.67. The molecule has 0 bridgehead atoms. The number of aryl methyl sites for hydroxylation is 2. The van der Waals surface area contributed by atoms with Gasteiger partial charge in [0.1, 0.15) is 0 Å². The van der Waals surface area contributed by atoms with Crippen LogP contribution in [0.25, 0.3) is 0 Å². The van der Waals surface area contributed by atoms with Crippen molar-refractivity contribution in [3.63, 3.8) is 0 Å². The smallest absolute Gasteiger partial charge is 0.268 e. The van der Waals surface area contributed by atoms with Crippen molar-refractivity contribution in [3.8, 4) is 0 Å². The second kappa shape index (κ2) is 5.86. The molecular weight excluding hydrogens is 292 g/mol. The molecule has 8 heteroatoms. The van der Waals surface area contributed by atoms with Crippen LogP contribution >= 0.6 is 0 Å². The summed E-state index contributed by atoms with van der Waals surface area (Å²) in [6.45, 7) is 1.60. The molecule has 0 saturated carbocycles. The zero-order chi connectivity index (χ0) is 14.9. The van der Waals surface area contributed by atoms with E-state index in [4.69, 9.17) is 0 Å². The van der Waals surface area contributed by atoms with Gasteiger partial charge in [0.05, 0.1) is 12.2 Å². The van der Waals surface area contributed by atoms with E-state index >= 15 is 0 Å². The van der Waals surface area contributed by atoms with E-state index < -0.39 is 10.2 Å². The second-order valence-corrected chi connectivity index (χ2v) is 7.29. The third kappa shape index (κ3) is 3.17. The van der Waals surface area contributed by atoms with E-state index in [1.54, 1.807) is 6.07 Å². The van der Waals surface area contributed by atoms with Gasteiger partial charge in [-0.05, 0) is 37.7 Å². The number of hydrogen-bond donors (Lipinski definition) is 1. The molecule has 1 aliphatic heterocycles. The number of fused-ring (bicyclic) bond motifs is 1. The Labute approximate surface area is 124 Å². The van der Waals surface area contributed by atoms with Crippen LogP contribution in [0.2, 0.25) is 0 Å². The molecule has 1 fully saturated rings. The summed E-state index contributed by atoms with van der Waals surface area (Å²) in [5.74, 6) is 0. The summed E-state index contributed by atoms with van der Waals surface area (Å²) >= 11 is 0. The van der Waals surface area contributed by atoms with Gasteiger partial charge in [0.2, 0.25) is 0 Å². The molecule has 0 amide bonds. The van der Waals surface area contributed by atoms with Crippen molar-refractivity contribution in [3.05, 3.63) is 27.7 Å². The van der Waals surface area contributed by atoms with Gasteiger partial charge >= 0.3 is 0 Å². The maximum Gasteiger partial charge on any atom is 0.279 e. The third-order valence-electron chi connectivity index (χ3n) is 4.04. The van der Waals surface area contributed by atoms with Crippen LogP contribution < -0.4 is 10.3 Å². The molecule has 1 aliphatic carbocycles. The van der Waals surface area contributed by atoms with E-state index in [0.717, 1.165) is 43.4 Å². The average molecular weight is 312 g/mol. The van der Waals surface area contributed by atoms with Gasteiger partial charge in [-0.2, -0.15) is 17.8 Å². The molecular formula is C13H20N4O3S. The lowest BCUT2D eigenvalue weighted by molar-refractivity contribution is 0.458. The average Bonchev–Trinajstić information content (AvgIpc) is 3.08. The van der Waals surface area contributed by atoms with Crippen LogP contribution in [0.1, 0.15) is 30.5 Å². The molecule has 2 aliphatic rings. The molecule has 1 aromatic rings. The first kappa shape index (κ1) is 14.7. The third-order valence-corrected chi connectivity index (χ3v) is 5.65. The summed E-state index contributed by atoms with van der Waals surface area (Å²) in [6, 6.07) is 1.63. The zero-order valence-corrected chi connectivity index (χ0v) is 12.7. The number of rotatable bonds is 5. The fourth-order valence-corrected chi connectivity index (χ4v) is 4.17. The second-order valence-electron chi connectivity index (χ2n) is 5.54. The van der Waals surface area contributed by atoms with Gasteiger partial charge < -0.3 is 0 Å². The van der Waals surface area contributed by atoms with Crippen LogP contribution in [0.15, 0.2) is 10.9 Å². The lowest BCUT2D eigenvalue weighted by Crippen LogP contribution is -2.41. The molecule has 1 aromatic heterocycles. The van der Waals surface area contributed by atoms with Crippen molar-refractivity contribution < 1.29 is 8.42 Å². The summed E-state index contributed by atoms with van der Waals surface area (Å²) in [5.41, 5.74) is 1.85. The van der Waals surface area contributed by atoms with Crippen LogP contribution in [0, 0.1) is 0 Å². The monoisotopic (exact) mass is 312 g/mol. The Bertz CT molecular complexity index is 677. The van der Waals surface area contributed by atoms with E-state index in [2.05, 4.69) is 9.82 Å². The number of aromatic nitrogens is 2. The molecule has 0 unspecified atom stereocenters. The summed E-state index contributed by atoms with van der Waals surface area (Å²) in [7, 11) is -3.41. The van der Waals surface area contributed by atoms with E-state index in [1.165, 1.54) is 8.99 Å². The van der Waals surface area contributed by atoms with Gasteiger partial charge in [-0.25, -0.2) is 9.40 Å². The van der Waals surface area contributed by atoms with Crippen LogP contribution in [0.3, 0.4) is 0 Å². The molecule has 0 aromatic carbocycles. The molecule has 1 saturated heterocycles. The SMILES string of the molecule is O=c1cc2c(nn1CCNS(=O)(=O)N1CCCC1)CCC2. The predicted octanol–water partition coefficient (Wildman–Crippen LogP) is -0.338. The predicted molar refractivity (Wildman–Crippen MR) is 78.3 cm³/mol. The Kier molecular flexibility index (Phi) is 4.10. The molecule has 1 N–H and O–H groups in total. The Morgan fingerprint density at radius 2 is 1.95 bits per heavy atom. The van der Waals surface area contributed by atoms with Crippen molar-refractivity contribution in [1.29, 1.82) is 0 Å². The van der Waals surface area contributed by atoms with Crippen molar-refractivity contribution in [2.75, 3.05) is 19.6 Å². The number of nitrogens with one attached hydrogen (secondary N) is 1. The van der Waals surface area contributed by atoms with E-state index in [-0.39, 0.29) is 18.6 Å². The molecule has 0 atom stereocenters. The Balaban J connectivity index is 1.62. The largest absolute Gasteiger partial charge is 0.279 e. The van der Waals surface area contributed by atoms with Crippen LogP contribution in [0.5, 0.6) is 0 Å². The number of nitrogens with zero attached hydrogens (tertiary/aromatic N) is 3. The molecule has 7 nitrogen and oxygen atoms in total. The first-order valence-corrected chi connectivity index (χ1v) is 8.85. The van der Waals surface area contributed by atoms with Crippen molar-refractivity contribution in [2.45, 2.75) is 38.6 Å². The molecule has 21 heavy (non-hydrogen) atoms. The minimum atomic E-state index is -3.41. The Morgan fingerprint density at radius 1 is 1.19 bits per heavy atom. The first-order chi connectivity index (χ1) is 10.1. The van der Waals surface area contributed by atoms with Gasteiger partial charge in [-0.15, -0.1) is 0 Å². The van der Waals surface area contributed by atoms with Crippen LogP contribution in [-0.4, -0.2) is 42.1 Å². The molecule has 0 radical (unpaired) electrons. The van der Waals surface area contributed by atoms with E-state index in [1.807, 2.05) is 0 Å². The van der Waals surface area contributed by atoms with Crippen LogP contribution in [0.4, 0.5) is 0 Å². The first-order valence-electron chi connectivity index (χ1n) is 7.41. The summed E-state index contributed by atoms with van der Waals surface area (Å²) in [5, 5.41) is 4.33. The fourth-order valence-electron chi connectivity index (χ4n) is 2.90. The maximum absolute atomic E-state index is 12.0. The topological polar surface area (TPSA) is 84.3 Å². The quantitative estimate of drug-likeness (QED) is 0.806. The molecule has 0 spiro atoms. The van der Waals surface area contributed by atoms with E-state index in [0.29, 0.717) is 13.1 Å². The highest BCUT2D eigenvalue weighted by atomic mass is 32.2. The minimum absolute atomic E-state index is 0.156. The highest BCUT2D eigenvalue weighted by molar-refractivity contribution is 7.87. The van der Waals surface area contributed by atoms with Crippen molar-refractivity contribution in [1.82, 2.24) is 18.8 Å². The van der Waals surface area contributed by atoms with Crippen molar-refractivity contribution in [2.24, 2.45) is 0 Å². The Morgan fingerprint density at radius 3 is 2.71 bits per heavy atom. The molecule has 2 heterocycles. The fraction of sp³-hybridized carbons (Fsp3) is 0.692. The highest BCUT2D eigenvalue weighted by Gasteiger charge is 2.24. The Hall–Kier alpha value is -1.25. The van der Waals surface area contributed by atoms with Crippen LogP contribution in [-0.2, 0) is 29.6 Å². The zero-order valence-electron chi connectivity index (χ0n) is 11.9. The lowest BCUT2D eigenvalue weighted by Gasteiger charge is -2.16. The molecule has 116 valence electrons. The summed E-state index contributed by atoms with van der Waals surface area (Å²) < 4.78 is 29.4. The van der Waals surface area contributed by atoms with Gasteiger partial charge in [0.25, 0.3) is 15.8 Å². The van der Waals surface area contributed by atoms with Crippen molar-refractivity contribution >= 4 is 10.2 Å².